The van der Waals surface area contributed by atoms with Crippen LogP contribution in [-0.2, 0) is 17.9 Å². The van der Waals surface area contributed by atoms with Crippen LogP contribution in [0.5, 0.6) is 0 Å². The summed E-state index contributed by atoms with van der Waals surface area (Å²) in [5.41, 5.74) is 2.26. The van der Waals surface area contributed by atoms with Crippen molar-refractivity contribution in [2.75, 3.05) is 6.54 Å². The van der Waals surface area contributed by atoms with Crippen LogP contribution >= 0.6 is 11.6 Å². The lowest BCUT2D eigenvalue weighted by Gasteiger charge is -2.32. The normalized spacial score (nSPS) is 22.9. The van der Waals surface area contributed by atoms with E-state index < -0.39 is 5.97 Å². The average molecular weight is 376 g/mol. The van der Waals surface area contributed by atoms with Gasteiger partial charge in [0.2, 0.25) is 0 Å². The zero-order valence-corrected chi connectivity index (χ0v) is 15.2. The molecule has 2 N–H and O–H groups in total. The maximum absolute atomic E-state index is 12.6. The lowest BCUT2D eigenvalue weighted by atomic mass is 9.86. The lowest BCUT2D eigenvalue weighted by molar-refractivity contribution is -0.142. The first-order valence-corrected chi connectivity index (χ1v) is 9.45. The number of halogens is 1. The molecule has 1 aromatic carbocycles. The number of amides is 2. The van der Waals surface area contributed by atoms with Gasteiger partial charge in [-0.2, -0.15) is 0 Å². The van der Waals surface area contributed by atoms with Gasteiger partial charge in [-0.25, -0.2) is 4.79 Å². The second-order valence-electron chi connectivity index (χ2n) is 7.25. The van der Waals surface area contributed by atoms with Crippen LogP contribution < -0.4 is 5.32 Å². The standard InChI is InChI=1S/C19H22ClN3O3/c20-14-3-6-17-13(9-14)10-16-11-22(7-8-23(16)17)19(26)21-15-4-1-12(2-5-15)18(24)25/h3,6,9-10,12,15H,1-2,4-5,7-8,11H2,(H,21,26)(H,24,25). The highest BCUT2D eigenvalue weighted by Gasteiger charge is 2.29. The molecule has 2 aromatic rings. The van der Waals surface area contributed by atoms with Gasteiger partial charge in [-0.3, -0.25) is 4.79 Å². The zero-order valence-electron chi connectivity index (χ0n) is 14.4. The minimum absolute atomic E-state index is 0.0571. The lowest BCUT2D eigenvalue weighted by Crippen LogP contribution is -2.48. The Bertz CT molecular complexity index is 855. The third-order valence-corrected chi connectivity index (χ3v) is 5.82. The maximum Gasteiger partial charge on any atom is 0.318 e. The van der Waals surface area contributed by atoms with E-state index in [1.807, 2.05) is 23.1 Å². The number of urea groups is 1. The van der Waals surface area contributed by atoms with Crippen molar-refractivity contribution in [1.29, 1.82) is 0 Å². The molecule has 2 aliphatic rings. The number of carboxylic acid groups (broad SMARTS) is 1. The number of hydrogen-bond donors (Lipinski definition) is 2. The van der Waals surface area contributed by atoms with Gasteiger partial charge in [-0.15, -0.1) is 0 Å². The monoisotopic (exact) mass is 375 g/mol. The molecule has 138 valence electrons. The van der Waals surface area contributed by atoms with Gasteiger partial charge in [0.05, 0.1) is 12.5 Å². The Kier molecular flexibility index (Phi) is 4.53. The van der Waals surface area contributed by atoms with E-state index in [1.165, 1.54) is 0 Å². The van der Waals surface area contributed by atoms with E-state index >= 15 is 0 Å². The highest BCUT2D eigenvalue weighted by atomic mass is 35.5. The summed E-state index contributed by atoms with van der Waals surface area (Å²) in [4.78, 5) is 25.5. The van der Waals surface area contributed by atoms with Crippen molar-refractivity contribution in [1.82, 2.24) is 14.8 Å². The van der Waals surface area contributed by atoms with Crippen LogP contribution in [-0.4, -0.2) is 39.2 Å². The van der Waals surface area contributed by atoms with Crippen LogP contribution in [0.2, 0.25) is 5.02 Å². The third-order valence-electron chi connectivity index (χ3n) is 5.59. The molecular weight excluding hydrogens is 354 g/mol. The molecule has 1 aliphatic carbocycles. The molecule has 26 heavy (non-hydrogen) atoms. The van der Waals surface area contributed by atoms with Gasteiger partial charge >= 0.3 is 12.0 Å². The molecule has 0 saturated heterocycles. The summed E-state index contributed by atoms with van der Waals surface area (Å²) in [7, 11) is 0. The van der Waals surface area contributed by atoms with E-state index in [2.05, 4.69) is 16.0 Å². The molecule has 7 heteroatoms. The summed E-state index contributed by atoms with van der Waals surface area (Å²) < 4.78 is 2.24. The number of nitrogens with one attached hydrogen (secondary N) is 1. The smallest absolute Gasteiger partial charge is 0.318 e. The Balaban J connectivity index is 1.40. The number of aliphatic carboxylic acids is 1. The van der Waals surface area contributed by atoms with Gasteiger partial charge in [0.25, 0.3) is 0 Å². The SMILES string of the molecule is O=C(O)C1CCC(NC(=O)N2CCn3c(cc4cc(Cl)ccc43)C2)CC1. The van der Waals surface area contributed by atoms with Crippen LogP contribution in [0.1, 0.15) is 31.4 Å². The molecule has 6 nitrogen and oxygen atoms in total. The molecule has 1 fully saturated rings. The van der Waals surface area contributed by atoms with Crippen molar-refractivity contribution < 1.29 is 14.7 Å². The van der Waals surface area contributed by atoms with Crippen molar-refractivity contribution in [3.05, 3.63) is 35.0 Å². The molecule has 1 saturated carbocycles. The number of fused-ring (bicyclic) bond motifs is 3. The molecule has 2 heterocycles. The van der Waals surface area contributed by atoms with Crippen molar-refractivity contribution in [3.63, 3.8) is 0 Å². The van der Waals surface area contributed by atoms with Crippen LogP contribution in [0.25, 0.3) is 10.9 Å². The first-order valence-electron chi connectivity index (χ1n) is 9.07. The van der Waals surface area contributed by atoms with Gasteiger partial charge in [-0.05, 0) is 49.9 Å². The molecule has 1 aromatic heterocycles. The molecule has 0 bridgehead atoms. The molecule has 0 atom stereocenters. The third kappa shape index (κ3) is 3.26. The maximum atomic E-state index is 12.6. The minimum atomic E-state index is -0.723. The van der Waals surface area contributed by atoms with Crippen molar-refractivity contribution in [2.24, 2.45) is 5.92 Å². The van der Waals surface area contributed by atoms with E-state index in [-0.39, 0.29) is 18.0 Å². The number of carbonyl (C=O) groups excluding carboxylic acids is 1. The van der Waals surface area contributed by atoms with Crippen molar-refractivity contribution >= 4 is 34.5 Å². The van der Waals surface area contributed by atoms with Crippen LogP contribution in [0.15, 0.2) is 24.3 Å². The molecular formula is C19H22ClN3O3. The molecule has 1 aliphatic heterocycles. The molecule has 4 rings (SSSR count). The van der Waals surface area contributed by atoms with Crippen LogP contribution in [0, 0.1) is 5.92 Å². The molecule has 0 unspecified atom stereocenters. The Hall–Kier alpha value is -2.21. The average Bonchev–Trinajstić information content (AvgIpc) is 2.98. The number of nitrogens with zero attached hydrogens (tertiary/aromatic N) is 2. The summed E-state index contributed by atoms with van der Waals surface area (Å²) in [6.45, 7) is 2.00. The van der Waals surface area contributed by atoms with Crippen molar-refractivity contribution in [2.45, 2.75) is 44.8 Å². The van der Waals surface area contributed by atoms with Crippen LogP contribution in [0.3, 0.4) is 0 Å². The van der Waals surface area contributed by atoms with E-state index in [9.17, 15) is 9.59 Å². The highest BCUT2D eigenvalue weighted by molar-refractivity contribution is 6.31. The van der Waals surface area contributed by atoms with Gasteiger partial charge in [-0.1, -0.05) is 11.6 Å². The largest absolute Gasteiger partial charge is 0.481 e. The fourth-order valence-electron chi connectivity index (χ4n) is 4.11. The number of carbonyl (C=O) groups is 2. The predicted molar refractivity (Wildman–Crippen MR) is 99.3 cm³/mol. The van der Waals surface area contributed by atoms with Gasteiger partial charge < -0.3 is 19.9 Å². The minimum Gasteiger partial charge on any atom is -0.481 e. The highest BCUT2D eigenvalue weighted by Crippen LogP contribution is 2.27. The quantitative estimate of drug-likeness (QED) is 0.844. The number of carboxylic acids is 1. The molecule has 2 amide bonds. The number of hydrogen-bond acceptors (Lipinski definition) is 2. The van der Waals surface area contributed by atoms with Crippen LogP contribution in [0.4, 0.5) is 4.79 Å². The van der Waals surface area contributed by atoms with E-state index in [0.29, 0.717) is 31.0 Å². The van der Waals surface area contributed by atoms with Gasteiger partial charge in [0, 0.05) is 40.8 Å². The zero-order chi connectivity index (χ0) is 18.3. The van der Waals surface area contributed by atoms with Gasteiger partial charge in [0.1, 0.15) is 0 Å². The second kappa shape index (κ2) is 6.83. The second-order valence-corrected chi connectivity index (χ2v) is 7.68. The Labute approximate surface area is 156 Å². The molecule has 0 radical (unpaired) electrons. The summed E-state index contributed by atoms with van der Waals surface area (Å²) in [6.07, 6.45) is 2.73. The first kappa shape index (κ1) is 17.2. The Morgan fingerprint density at radius 1 is 1.12 bits per heavy atom. The summed E-state index contributed by atoms with van der Waals surface area (Å²) in [6, 6.07) is 7.98. The topological polar surface area (TPSA) is 74.6 Å². The summed E-state index contributed by atoms with van der Waals surface area (Å²) in [5.74, 6) is -0.987. The Morgan fingerprint density at radius 3 is 2.62 bits per heavy atom. The van der Waals surface area contributed by atoms with E-state index in [0.717, 1.165) is 36.0 Å². The summed E-state index contributed by atoms with van der Waals surface area (Å²) in [5, 5.41) is 14.0. The number of rotatable bonds is 2. The van der Waals surface area contributed by atoms with E-state index in [4.69, 9.17) is 16.7 Å². The Morgan fingerprint density at radius 2 is 1.88 bits per heavy atom. The fourth-order valence-corrected chi connectivity index (χ4v) is 4.29. The number of benzene rings is 1. The number of aromatic nitrogens is 1. The van der Waals surface area contributed by atoms with Crippen molar-refractivity contribution in [3.8, 4) is 0 Å². The predicted octanol–water partition coefficient (Wildman–Crippen LogP) is 3.46. The molecule has 0 spiro atoms. The summed E-state index contributed by atoms with van der Waals surface area (Å²) >= 11 is 6.08. The van der Waals surface area contributed by atoms with E-state index in [1.54, 1.807) is 0 Å². The van der Waals surface area contributed by atoms with Gasteiger partial charge in [0.15, 0.2) is 0 Å². The fraction of sp³-hybridized carbons (Fsp3) is 0.474. The first-order chi connectivity index (χ1) is 12.5.